The molecular weight excluding hydrogens is 314 g/mol. The van der Waals surface area contributed by atoms with Gasteiger partial charge in [-0.05, 0) is 42.2 Å². The van der Waals surface area contributed by atoms with Crippen LogP contribution in [0.15, 0.2) is 46.9 Å². The molecular formula is C17H16BrNO. The first-order valence-corrected chi connectivity index (χ1v) is 7.86. The highest BCUT2D eigenvalue weighted by molar-refractivity contribution is 9.10. The number of aryl methyl sites for hydroxylation is 1. The number of ether oxygens (including phenoxy) is 1. The SMILES string of the molecule is Brc1ccc2c(c1)CCC2NC1COc2ccccc21. The van der Waals surface area contributed by atoms with Crippen LogP contribution in [0.5, 0.6) is 5.75 Å². The molecule has 0 saturated carbocycles. The first-order valence-electron chi connectivity index (χ1n) is 7.07. The van der Waals surface area contributed by atoms with Crippen LogP contribution in [0.2, 0.25) is 0 Å². The van der Waals surface area contributed by atoms with Gasteiger partial charge in [-0.3, -0.25) is 0 Å². The van der Waals surface area contributed by atoms with Crippen LogP contribution in [0.25, 0.3) is 0 Å². The van der Waals surface area contributed by atoms with Gasteiger partial charge in [-0.2, -0.15) is 0 Å². The van der Waals surface area contributed by atoms with Crippen LogP contribution in [-0.2, 0) is 6.42 Å². The molecule has 1 aliphatic carbocycles. The molecule has 2 unspecified atom stereocenters. The predicted octanol–water partition coefficient (Wildman–Crippen LogP) is 4.16. The molecule has 20 heavy (non-hydrogen) atoms. The van der Waals surface area contributed by atoms with Crippen LogP contribution < -0.4 is 10.1 Å². The van der Waals surface area contributed by atoms with Crippen molar-refractivity contribution in [2.75, 3.05) is 6.61 Å². The fourth-order valence-corrected chi connectivity index (χ4v) is 3.71. The van der Waals surface area contributed by atoms with E-state index >= 15 is 0 Å². The summed E-state index contributed by atoms with van der Waals surface area (Å²) in [6.45, 7) is 0.738. The van der Waals surface area contributed by atoms with Crippen molar-refractivity contribution < 1.29 is 4.74 Å². The first-order chi connectivity index (χ1) is 9.81. The van der Waals surface area contributed by atoms with E-state index < -0.39 is 0 Å². The van der Waals surface area contributed by atoms with Crippen molar-refractivity contribution in [3.05, 3.63) is 63.6 Å². The van der Waals surface area contributed by atoms with Crippen LogP contribution in [0.3, 0.4) is 0 Å². The molecule has 2 atom stereocenters. The smallest absolute Gasteiger partial charge is 0.124 e. The maximum atomic E-state index is 5.76. The van der Waals surface area contributed by atoms with Crippen molar-refractivity contribution in [3.63, 3.8) is 0 Å². The van der Waals surface area contributed by atoms with E-state index in [1.54, 1.807) is 0 Å². The van der Waals surface area contributed by atoms with Crippen molar-refractivity contribution in [1.82, 2.24) is 5.32 Å². The Morgan fingerprint density at radius 3 is 2.90 bits per heavy atom. The highest BCUT2D eigenvalue weighted by Gasteiger charge is 2.29. The lowest BCUT2D eigenvalue weighted by atomic mass is 10.0. The molecule has 2 aromatic carbocycles. The normalized spacial score (nSPS) is 23.2. The van der Waals surface area contributed by atoms with E-state index in [9.17, 15) is 0 Å². The van der Waals surface area contributed by atoms with Gasteiger partial charge in [-0.15, -0.1) is 0 Å². The zero-order valence-electron chi connectivity index (χ0n) is 11.1. The van der Waals surface area contributed by atoms with Gasteiger partial charge in [0.25, 0.3) is 0 Å². The number of hydrogen-bond donors (Lipinski definition) is 1. The molecule has 0 saturated heterocycles. The zero-order chi connectivity index (χ0) is 13.5. The van der Waals surface area contributed by atoms with Crippen molar-refractivity contribution in [3.8, 4) is 5.75 Å². The molecule has 2 nitrogen and oxygen atoms in total. The summed E-state index contributed by atoms with van der Waals surface area (Å²) >= 11 is 3.55. The molecule has 0 fully saturated rings. The average molecular weight is 330 g/mol. The van der Waals surface area contributed by atoms with Crippen LogP contribution in [0.4, 0.5) is 0 Å². The summed E-state index contributed by atoms with van der Waals surface area (Å²) in [5.41, 5.74) is 4.19. The number of fused-ring (bicyclic) bond motifs is 2. The van der Waals surface area contributed by atoms with Crippen molar-refractivity contribution >= 4 is 15.9 Å². The Balaban J connectivity index is 1.58. The zero-order valence-corrected chi connectivity index (χ0v) is 12.7. The Kier molecular flexibility index (Phi) is 3.04. The minimum absolute atomic E-state index is 0.311. The third-order valence-corrected chi connectivity index (χ3v) is 4.78. The van der Waals surface area contributed by atoms with E-state index in [2.05, 4.69) is 57.6 Å². The molecule has 1 heterocycles. The van der Waals surface area contributed by atoms with Gasteiger partial charge in [0.2, 0.25) is 0 Å². The Morgan fingerprint density at radius 1 is 1.05 bits per heavy atom. The number of para-hydroxylation sites is 1. The fraction of sp³-hybridized carbons (Fsp3) is 0.294. The second kappa shape index (κ2) is 4.90. The lowest BCUT2D eigenvalue weighted by Gasteiger charge is -2.19. The third-order valence-electron chi connectivity index (χ3n) is 4.29. The van der Waals surface area contributed by atoms with Crippen molar-refractivity contribution in [1.29, 1.82) is 0 Å². The third kappa shape index (κ3) is 2.05. The molecule has 2 aliphatic rings. The summed E-state index contributed by atoms with van der Waals surface area (Å²) in [5.74, 6) is 1.03. The predicted molar refractivity (Wildman–Crippen MR) is 83.0 cm³/mol. The summed E-state index contributed by atoms with van der Waals surface area (Å²) in [4.78, 5) is 0. The first kappa shape index (κ1) is 12.4. The monoisotopic (exact) mass is 329 g/mol. The largest absolute Gasteiger partial charge is 0.491 e. The fourth-order valence-electron chi connectivity index (χ4n) is 3.30. The topological polar surface area (TPSA) is 21.3 Å². The van der Waals surface area contributed by atoms with Crippen LogP contribution in [-0.4, -0.2) is 6.61 Å². The molecule has 0 spiro atoms. The van der Waals surface area contributed by atoms with E-state index in [1.165, 1.54) is 27.6 Å². The quantitative estimate of drug-likeness (QED) is 0.893. The molecule has 0 bridgehead atoms. The Hall–Kier alpha value is -1.32. The summed E-state index contributed by atoms with van der Waals surface area (Å²) < 4.78 is 6.93. The van der Waals surface area contributed by atoms with Gasteiger partial charge in [0.05, 0.1) is 6.04 Å². The molecule has 1 N–H and O–H groups in total. The number of rotatable bonds is 2. The highest BCUT2D eigenvalue weighted by Crippen LogP contribution is 2.38. The van der Waals surface area contributed by atoms with Gasteiger partial charge in [0, 0.05) is 16.1 Å². The molecule has 1 aliphatic heterocycles. The lowest BCUT2D eigenvalue weighted by molar-refractivity contribution is 0.297. The Labute approximate surface area is 127 Å². The van der Waals surface area contributed by atoms with Crippen LogP contribution in [0, 0.1) is 0 Å². The van der Waals surface area contributed by atoms with E-state index in [0.717, 1.165) is 18.8 Å². The number of nitrogens with one attached hydrogen (secondary N) is 1. The molecule has 4 rings (SSSR count). The maximum Gasteiger partial charge on any atom is 0.124 e. The number of hydrogen-bond acceptors (Lipinski definition) is 2. The van der Waals surface area contributed by atoms with E-state index in [0.29, 0.717) is 12.1 Å². The summed E-state index contributed by atoms with van der Waals surface area (Å²) in [6.07, 6.45) is 2.33. The lowest BCUT2D eigenvalue weighted by Crippen LogP contribution is -2.26. The minimum atomic E-state index is 0.311. The molecule has 0 aromatic heterocycles. The summed E-state index contributed by atoms with van der Waals surface area (Å²) in [5, 5.41) is 3.77. The van der Waals surface area contributed by atoms with Gasteiger partial charge >= 0.3 is 0 Å². The Morgan fingerprint density at radius 2 is 1.95 bits per heavy atom. The van der Waals surface area contributed by atoms with Gasteiger partial charge < -0.3 is 10.1 Å². The van der Waals surface area contributed by atoms with Crippen molar-refractivity contribution in [2.45, 2.75) is 24.9 Å². The van der Waals surface area contributed by atoms with E-state index in [1.807, 2.05) is 6.07 Å². The van der Waals surface area contributed by atoms with Gasteiger partial charge in [0.15, 0.2) is 0 Å². The van der Waals surface area contributed by atoms with E-state index in [4.69, 9.17) is 4.74 Å². The second-order valence-corrected chi connectivity index (χ2v) is 6.42. The molecule has 102 valence electrons. The summed E-state index contributed by atoms with van der Waals surface area (Å²) in [6, 6.07) is 15.7. The standard InChI is InChI=1S/C17H16BrNO/c18-12-6-7-13-11(9-12)5-8-15(13)19-16-10-20-17-4-2-1-3-14(16)17/h1-4,6-7,9,15-16,19H,5,8,10H2. The molecule has 2 aromatic rings. The Bertz CT molecular complexity index is 655. The summed E-state index contributed by atoms with van der Waals surface area (Å²) in [7, 11) is 0. The molecule has 0 radical (unpaired) electrons. The average Bonchev–Trinajstić information content (AvgIpc) is 3.04. The van der Waals surface area contributed by atoms with Gasteiger partial charge in [0.1, 0.15) is 12.4 Å². The van der Waals surface area contributed by atoms with Crippen LogP contribution in [0.1, 0.15) is 35.2 Å². The van der Waals surface area contributed by atoms with Crippen LogP contribution >= 0.6 is 15.9 Å². The second-order valence-electron chi connectivity index (χ2n) is 5.50. The van der Waals surface area contributed by atoms with Gasteiger partial charge in [-0.25, -0.2) is 0 Å². The number of benzene rings is 2. The minimum Gasteiger partial charge on any atom is -0.491 e. The maximum absolute atomic E-state index is 5.76. The highest BCUT2D eigenvalue weighted by atomic mass is 79.9. The van der Waals surface area contributed by atoms with Crippen molar-refractivity contribution in [2.24, 2.45) is 0 Å². The number of halogens is 1. The van der Waals surface area contributed by atoms with E-state index in [-0.39, 0.29) is 0 Å². The molecule has 3 heteroatoms. The molecule has 0 amide bonds. The van der Waals surface area contributed by atoms with Gasteiger partial charge in [-0.1, -0.05) is 40.2 Å².